The third-order valence-corrected chi connectivity index (χ3v) is 5.87. The molecule has 3 rings (SSSR count). The summed E-state index contributed by atoms with van der Waals surface area (Å²) < 4.78 is 26.5. The molecule has 1 aliphatic rings. The van der Waals surface area contributed by atoms with Crippen molar-refractivity contribution in [2.75, 3.05) is 25.9 Å². The Morgan fingerprint density at radius 3 is 3.09 bits per heavy atom. The van der Waals surface area contributed by atoms with Crippen LogP contribution in [0.1, 0.15) is 23.3 Å². The van der Waals surface area contributed by atoms with Gasteiger partial charge < -0.3 is 5.32 Å². The van der Waals surface area contributed by atoms with Crippen molar-refractivity contribution in [3.63, 3.8) is 0 Å². The van der Waals surface area contributed by atoms with Crippen molar-refractivity contribution >= 4 is 32.2 Å². The molecule has 7 nitrogen and oxygen atoms in total. The predicted octanol–water partition coefficient (Wildman–Crippen LogP) is 0.797. The Morgan fingerprint density at radius 2 is 2.36 bits per heavy atom. The van der Waals surface area contributed by atoms with E-state index in [2.05, 4.69) is 10.3 Å². The zero-order valence-corrected chi connectivity index (χ0v) is 13.9. The molecule has 2 aromatic rings. The summed E-state index contributed by atoms with van der Waals surface area (Å²) in [5.74, 6) is -0.0662. The minimum absolute atomic E-state index is 0.149. The molecule has 1 amide bonds. The van der Waals surface area contributed by atoms with Gasteiger partial charge in [0, 0.05) is 37.4 Å². The van der Waals surface area contributed by atoms with Crippen LogP contribution in [0.15, 0.2) is 17.8 Å². The highest BCUT2D eigenvalue weighted by Crippen LogP contribution is 2.18. The first-order valence-electron chi connectivity index (χ1n) is 7.09. The van der Waals surface area contributed by atoms with Gasteiger partial charge in [-0.25, -0.2) is 17.7 Å². The molecule has 0 unspecified atom stereocenters. The summed E-state index contributed by atoms with van der Waals surface area (Å²) in [6, 6.07) is 0. The van der Waals surface area contributed by atoms with Crippen LogP contribution in [-0.2, 0) is 10.0 Å². The molecular weight excluding hydrogens is 324 g/mol. The van der Waals surface area contributed by atoms with E-state index in [1.54, 1.807) is 6.20 Å². The molecular formula is C13H18N4O3S2. The van der Waals surface area contributed by atoms with Crippen molar-refractivity contribution in [1.29, 1.82) is 0 Å². The molecule has 1 fully saturated rings. The Hall–Kier alpha value is -1.45. The summed E-state index contributed by atoms with van der Waals surface area (Å²) in [7, 11) is -3.15. The van der Waals surface area contributed by atoms with Gasteiger partial charge in [-0.1, -0.05) is 0 Å². The predicted molar refractivity (Wildman–Crippen MR) is 84.5 cm³/mol. The number of hydrogen-bond acceptors (Lipinski definition) is 5. The highest BCUT2D eigenvalue weighted by molar-refractivity contribution is 7.88. The van der Waals surface area contributed by atoms with Gasteiger partial charge in [0.05, 0.1) is 6.26 Å². The van der Waals surface area contributed by atoms with Gasteiger partial charge in [0.2, 0.25) is 10.0 Å². The topological polar surface area (TPSA) is 83.8 Å². The van der Waals surface area contributed by atoms with E-state index in [-0.39, 0.29) is 11.8 Å². The molecule has 0 bridgehead atoms. The highest BCUT2D eigenvalue weighted by atomic mass is 32.2. The molecule has 3 heterocycles. The van der Waals surface area contributed by atoms with Crippen LogP contribution in [0.2, 0.25) is 0 Å². The number of thiazole rings is 1. The Bertz CT molecular complexity index is 752. The van der Waals surface area contributed by atoms with E-state index in [0.717, 1.165) is 17.8 Å². The quantitative estimate of drug-likeness (QED) is 0.891. The maximum Gasteiger partial charge on any atom is 0.271 e. The fraction of sp³-hybridized carbons (Fsp3) is 0.538. The van der Waals surface area contributed by atoms with Gasteiger partial charge in [0.15, 0.2) is 4.96 Å². The van der Waals surface area contributed by atoms with Crippen molar-refractivity contribution in [2.45, 2.75) is 12.8 Å². The number of rotatable bonds is 4. The van der Waals surface area contributed by atoms with Crippen molar-refractivity contribution in [3.05, 3.63) is 23.5 Å². The van der Waals surface area contributed by atoms with Gasteiger partial charge in [-0.05, 0) is 18.8 Å². The van der Waals surface area contributed by atoms with E-state index in [0.29, 0.717) is 25.3 Å². The van der Waals surface area contributed by atoms with Crippen LogP contribution in [0.4, 0.5) is 0 Å². The Morgan fingerprint density at radius 1 is 1.55 bits per heavy atom. The summed E-state index contributed by atoms with van der Waals surface area (Å²) in [4.78, 5) is 17.2. The number of fused-ring (bicyclic) bond motifs is 1. The molecule has 0 aromatic carbocycles. The lowest BCUT2D eigenvalue weighted by Gasteiger charge is -2.30. The summed E-state index contributed by atoms with van der Waals surface area (Å²) in [5.41, 5.74) is 0.391. The molecule has 0 saturated carbocycles. The summed E-state index contributed by atoms with van der Waals surface area (Å²) in [5, 5.41) is 4.77. The van der Waals surface area contributed by atoms with Crippen LogP contribution in [0.5, 0.6) is 0 Å². The minimum Gasteiger partial charge on any atom is -0.350 e. The lowest BCUT2D eigenvalue weighted by Crippen LogP contribution is -2.43. The normalized spacial score (nSPS) is 20.3. The second-order valence-electron chi connectivity index (χ2n) is 5.56. The van der Waals surface area contributed by atoms with Crippen LogP contribution in [0.25, 0.3) is 4.96 Å². The van der Waals surface area contributed by atoms with Gasteiger partial charge in [-0.3, -0.25) is 9.20 Å². The van der Waals surface area contributed by atoms with E-state index < -0.39 is 10.0 Å². The van der Waals surface area contributed by atoms with Crippen molar-refractivity contribution < 1.29 is 13.2 Å². The van der Waals surface area contributed by atoms with Crippen LogP contribution >= 0.6 is 11.3 Å². The third-order valence-electron chi connectivity index (χ3n) is 3.83. The van der Waals surface area contributed by atoms with Crippen molar-refractivity contribution in [3.8, 4) is 0 Å². The first-order chi connectivity index (χ1) is 10.4. The average Bonchev–Trinajstić information content (AvgIpc) is 3.05. The molecule has 9 heteroatoms. The standard InChI is InChI=1S/C13H18N4O3S2/c1-22(19,20)17-4-2-3-10(8-17)7-14-12(18)11-9-16-5-6-21-13(16)15-11/h5-6,9-10H,2-4,7-8H2,1H3,(H,14,18)/t10-/m1/s1. The number of hydrogen-bond donors (Lipinski definition) is 1. The zero-order chi connectivity index (χ0) is 15.7. The largest absolute Gasteiger partial charge is 0.350 e. The summed E-state index contributed by atoms with van der Waals surface area (Å²) in [6.45, 7) is 1.51. The maximum atomic E-state index is 12.1. The van der Waals surface area contributed by atoms with Gasteiger partial charge >= 0.3 is 0 Å². The monoisotopic (exact) mass is 342 g/mol. The number of aromatic nitrogens is 2. The Labute approximate surface area is 133 Å². The molecule has 1 N–H and O–H groups in total. The molecule has 0 spiro atoms. The molecule has 0 aliphatic carbocycles. The molecule has 22 heavy (non-hydrogen) atoms. The SMILES string of the molecule is CS(=O)(=O)N1CCC[C@H](CNC(=O)c2cn3ccsc3n2)C1. The van der Waals surface area contributed by atoms with Crippen LogP contribution in [0.3, 0.4) is 0 Å². The summed E-state index contributed by atoms with van der Waals surface area (Å²) >= 11 is 1.47. The second kappa shape index (κ2) is 5.98. The van der Waals surface area contributed by atoms with Gasteiger partial charge in [-0.15, -0.1) is 11.3 Å². The van der Waals surface area contributed by atoms with Crippen molar-refractivity contribution in [1.82, 2.24) is 19.0 Å². The molecule has 1 atom stereocenters. The molecule has 1 aliphatic heterocycles. The number of imidazole rings is 1. The van der Waals surface area contributed by atoms with Crippen molar-refractivity contribution in [2.24, 2.45) is 5.92 Å². The van der Waals surface area contributed by atoms with E-state index >= 15 is 0 Å². The third kappa shape index (κ3) is 3.31. The average molecular weight is 342 g/mol. The second-order valence-corrected chi connectivity index (χ2v) is 8.41. The smallest absolute Gasteiger partial charge is 0.271 e. The molecule has 2 aromatic heterocycles. The number of piperidine rings is 1. The van der Waals surface area contributed by atoms with Gasteiger partial charge in [-0.2, -0.15) is 0 Å². The van der Waals surface area contributed by atoms with Gasteiger partial charge in [0.25, 0.3) is 5.91 Å². The zero-order valence-electron chi connectivity index (χ0n) is 12.2. The van der Waals surface area contributed by atoms with E-state index in [1.165, 1.54) is 21.9 Å². The van der Waals surface area contributed by atoms with Crippen LogP contribution in [-0.4, -0.2) is 53.9 Å². The Kier molecular flexibility index (Phi) is 4.20. The van der Waals surface area contributed by atoms with Gasteiger partial charge in [0.1, 0.15) is 5.69 Å². The number of amides is 1. The first-order valence-corrected chi connectivity index (χ1v) is 9.82. The minimum atomic E-state index is -3.15. The fourth-order valence-electron chi connectivity index (χ4n) is 2.66. The fourth-order valence-corrected chi connectivity index (χ4v) is 4.30. The lowest BCUT2D eigenvalue weighted by molar-refractivity contribution is 0.0937. The number of nitrogens with one attached hydrogen (secondary N) is 1. The van der Waals surface area contributed by atoms with E-state index in [9.17, 15) is 13.2 Å². The summed E-state index contributed by atoms with van der Waals surface area (Å²) in [6.07, 6.45) is 6.53. The van der Waals surface area contributed by atoms with E-state index in [1.807, 2.05) is 16.0 Å². The molecule has 1 saturated heterocycles. The number of sulfonamides is 1. The highest BCUT2D eigenvalue weighted by Gasteiger charge is 2.26. The lowest BCUT2D eigenvalue weighted by atomic mass is 10.00. The molecule has 120 valence electrons. The first kappa shape index (κ1) is 15.4. The van der Waals surface area contributed by atoms with Crippen LogP contribution < -0.4 is 5.32 Å². The molecule has 0 radical (unpaired) electrons. The number of carbonyl (C=O) groups is 1. The number of nitrogens with zero attached hydrogens (tertiary/aromatic N) is 3. The maximum absolute atomic E-state index is 12.1. The Balaban J connectivity index is 1.57. The van der Waals surface area contributed by atoms with E-state index in [4.69, 9.17) is 0 Å². The number of carbonyl (C=O) groups excluding carboxylic acids is 1. The van der Waals surface area contributed by atoms with Crippen LogP contribution in [0, 0.1) is 5.92 Å².